The van der Waals surface area contributed by atoms with Gasteiger partial charge in [0.2, 0.25) is 17.7 Å². The number of carbonyl (C=O) groups is 4. The molecule has 2 aromatic carbocycles. The van der Waals surface area contributed by atoms with Gasteiger partial charge in [-0.1, -0.05) is 42.0 Å². The van der Waals surface area contributed by atoms with Gasteiger partial charge >= 0.3 is 6.09 Å². The molecule has 47 heavy (non-hydrogen) atoms. The van der Waals surface area contributed by atoms with E-state index in [1.54, 1.807) is 63.6 Å². The van der Waals surface area contributed by atoms with Crippen LogP contribution in [0.2, 0.25) is 0 Å². The lowest BCUT2D eigenvalue weighted by molar-refractivity contribution is -0.147. The summed E-state index contributed by atoms with van der Waals surface area (Å²) in [6.45, 7) is 11.5. The number of hydrogen-bond donors (Lipinski definition) is 1. The summed E-state index contributed by atoms with van der Waals surface area (Å²) in [5, 5.41) is 2.85. The fourth-order valence-electron chi connectivity index (χ4n) is 6.33. The van der Waals surface area contributed by atoms with E-state index in [2.05, 4.69) is 5.32 Å². The first-order valence-electron chi connectivity index (χ1n) is 16.2. The number of ether oxygens (including phenoxy) is 2. The largest absolute Gasteiger partial charge is 0.444 e. The predicted molar refractivity (Wildman–Crippen MR) is 176 cm³/mol. The zero-order chi connectivity index (χ0) is 34.7. The second kappa shape index (κ2) is 14.0. The third-order valence-electron chi connectivity index (χ3n) is 9.34. The first-order chi connectivity index (χ1) is 21.9. The van der Waals surface area contributed by atoms with Gasteiger partial charge in [0.25, 0.3) is 0 Å². The van der Waals surface area contributed by atoms with Crippen molar-refractivity contribution in [3.8, 4) is 0 Å². The molecule has 3 atom stereocenters. The number of halogens is 1. The SMILES string of the molecule is Cc1ccc(COC[C@@H](NC(=O)C(C)(C)N(C)C(=O)OC(C)(C)C)C(=O)N2CCCC3(C2)C(=O)N(C)CC3c2ccc(F)cc2)cc1. The lowest BCUT2D eigenvalue weighted by Crippen LogP contribution is -2.62. The molecule has 0 aliphatic carbocycles. The standard InChI is InChI=1S/C36H49FN4O6/c1-24-10-12-25(13-11-24)21-46-22-29(38-31(43)35(5,6)40(8)33(45)47-34(2,3)4)30(42)41-19-9-18-36(23-41)28(20-39(7)32(36)44)26-14-16-27(37)17-15-26/h10-17,28-29H,9,18-23H2,1-8H3,(H,38,43)/t28?,29-,36?/m1/s1. The molecule has 2 aliphatic rings. The molecule has 0 aromatic heterocycles. The molecule has 0 saturated carbocycles. The molecule has 2 unspecified atom stereocenters. The van der Waals surface area contributed by atoms with E-state index in [1.165, 1.54) is 24.1 Å². The molecule has 4 amide bonds. The fraction of sp³-hybridized carbons (Fsp3) is 0.556. The number of amides is 4. The minimum absolute atomic E-state index is 0.0550. The number of likely N-dealkylation sites (N-methyl/N-ethyl adjacent to an activating group) is 2. The quantitative estimate of drug-likeness (QED) is 0.423. The summed E-state index contributed by atoms with van der Waals surface area (Å²) in [6.07, 6.45) is 0.488. The van der Waals surface area contributed by atoms with Gasteiger partial charge in [0.1, 0.15) is 23.0 Å². The lowest BCUT2D eigenvalue weighted by atomic mass is 9.69. The van der Waals surface area contributed by atoms with Crippen LogP contribution in [0.3, 0.4) is 0 Å². The number of rotatable bonds is 9. The summed E-state index contributed by atoms with van der Waals surface area (Å²) in [4.78, 5) is 59.2. The smallest absolute Gasteiger partial charge is 0.410 e. The van der Waals surface area contributed by atoms with Crippen molar-refractivity contribution in [3.63, 3.8) is 0 Å². The highest BCUT2D eigenvalue weighted by Gasteiger charge is 2.56. The van der Waals surface area contributed by atoms with Crippen LogP contribution in [0.1, 0.15) is 70.1 Å². The number of nitrogens with zero attached hydrogens (tertiary/aromatic N) is 3. The third-order valence-corrected chi connectivity index (χ3v) is 9.34. The molecule has 2 aliphatic heterocycles. The van der Waals surface area contributed by atoms with Gasteiger partial charge in [-0.25, -0.2) is 9.18 Å². The van der Waals surface area contributed by atoms with Gasteiger partial charge in [-0.3, -0.25) is 19.3 Å². The van der Waals surface area contributed by atoms with Crippen molar-refractivity contribution in [2.24, 2.45) is 5.41 Å². The van der Waals surface area contributed by atoms with Gasteiger partial charge in [-0.05, 0) is 77.6 Å². The molecule has 2 fully saturated rings. The van der Waals surface area contributed by atoms with Crippen molar-refractivity contribution < 1.29 is 33.0 Å². The Bertz CT molecular complexity index is 1460. The first kappa shape index (κ1) is 35.9. The van der Waals surface area contributed by atoms with Crippen LogP contribution in [-0.2, 0) is 30.5 Å². The van der Waals surface area contributed by atoms with Crippen molar-refractivity contribution in [1.29, 1.82) is 0 Å². The Hall–Kier alpha value is -3.99. The summed E-state index contributed by atoms with van der Waals surface area (Å²) in [5.74, 6) is -1.58. The molecule has 0 radical (unpaired) electrons. The Morgan fingerprint density at radius 3 is 2.32 bits per heavy atom. The topological polar surface area (TPSA) is 108 Å². The average molecular weight is 653 g/mol. The third kappa shape index (κ3) is 8.12. The fourth-order valence-corrected chi connectivity index (χ4v) is 6.33. The second-order valence-corrected chi connectivity index (χ2v) is 14.4. The van der Waals surface area contributed by atoms with Crippen molar-refractivity contribution in [1.82, 2.24) is 20.0 Å². The van der Waals surface area contributed by atoms with Crippen molar-refractivity contribution in [3.05, 3.63) is 71.0 Å². The number of benzene rings is 2. The van der Waals surface area contributed by atoms with E-state index in [9.17, 15) is 23.6 Å². The Labute approximate surface area is 277 Å². The lowest BCUT2D eigenvalue weighted by Gasteiger charge is -2.43. The minimum atomic E-state index is -1.38. The highest BCUT2D eigenvalue weighted by atomic mass is 19.1. The summed E-state index contributed by atoms with van der Waals surface area (Å²) >= 11 is 0. The molecule has 1 N–H and O–H groups in total. The number of nitrogens with one attached hydrogen (secondary N) is 1. The molecule has 1 spiro atoms. The molecule has 4 rings (SSSR count). The van der Waals surface area contributed by atoms with E-state index >= 15 is 0 Å². The van der Waals surface area contributed by atoms with E-state index < -0.39 is 34.6 Å². The zero-order valence-corrected chi connectivity index (χ0v) is 28.9. The van der Waals surface area contributed by atoms with Crippen molar-refractivity contribution in [2.45, 2.75) is 84.1 Å². The Morgan fingerprint density at radius 2 is 1.70 bits per heavy atom. The van der Waals surface area contributed by atoms with Crippen LogP contribution in [0, 0.1) is 18.2 Å². The normalized spacial score (nSPS) is 20.7. The highest BCUT2D eigenvalue weighted by molar-refractivity contribution is 5.94. The van der Waals surface area contributed by atoms with Crippen LogP contribution in [0.4, 0.5) is 9.18 Å². The maximum Gasteiger partial charge on any atom is 0.410 e. The number of likely N-dealkylation sites (tertiary alicyclic amines) is 2. The molecule has 256 valence electrons. The summed E-state index contributed by atoms with van der Waals surface area (Å²) in [7, 11) is 3.23. The summed E-state index contributed by atoms with van der Waals surface area (Å²) in [5.41, 5.74) is -0.154. The van der Waals surface area contributed by atoms with Gasteiger partial charge in [-0.15, -0.1) is 0 Å². The molecule has 10 nitrogen and oxygen atoms in total. The van der Waals surface area contributed by atoms with Gasteiger partial charge in [0.15, 0.2) is 0 Å². The number of hydrogen-bond acceptors (Lipinski definition) is 6. The number of piperidine rings is 1. The zero-order valence-electron chi connectivity index (χ0n) is 28.9. The molecule has 11 heteroatoms. The predicted octanol–water partition coefficient (Wildman–Crippen LogP) is 4.65. The maximum atomic E-state index is 14.3. The maximum absolute atomic E-state index is 14.3. The number of aryl methyl sites for hydroxylation is 1. The van der Waals surface area contributed by atoms with E-state index in [1.807, 2.05) is 31.2 Å². The van der Waals surface area contributed by atoms with Gasteiger partial charge in [0.05, 0.1) is 18.6 Å². The molecular weight excluding hydrogens is 603 g/mol. The van der Waals surface area contributed by atoms with Crippen LogP contribution < -0.4 is 5.32 Å². The molecule has 2 aromatic rings. The van der Waals surface area contributed by atoms with Gasteiger partial charge in [0, 0.05) is 39.6 Å². The van der Waals surface area contributed by atoms with Gasteiger partial charge in [-0.2, -0.15) is 0 Å². The summed E-state index contributed by atoms with van der Waals surface area (Å²) < 4.78 is 25.3. The van der Waals surface area contributed by atoms with E-state index in [0.29, 0.717) is 25.9 Å². The van der Waals surface area contributed by atoms with Crippen LogP contribution in [0.25, 0.3) is 0 Å². The second-order valence-electron chi connectivity index (χ2n) is 14.4. The van der Waals surface area contributed by atoms with Crippen molar-refractivity contribution in [2.75, 3.05) is 40.3 Å². The van der Waals surface area contributed by atoms with E-state index in [0.717, 1.165) is 16.7 Å². The molecule has 2 saturated heterocycles. The van der Waals surface area contributed by atoms with Crippen LogP contribution in [0.5, 0.6) is 0 Å². The monoisotopic (exact) mass is 652 g/mol. The Balaban J connectivity index is 1.58. The number of carbonyl (C=O) groups excluding carboxylic acids is 4. The molecule has 2 heterocycles. The average Bonchev–Trinajstić information content (AvgIpc) is 3.24. The molecular formula is C36H49FN4O6. The summed E-state index contributed by atoms with van der Waals surface area (Å²) in [6, 6.07) is 12.9. The Morgan fingerprint density at radius 1 is 1.06 bits per heavy atom. The first-order valence-corrected chi connectivity index (χ1v) is 16.2. The van der Waals surface area contributed by atoms with E-state index in [4.69, 9.17) is 9.47 Å². The molecule has 0 bridgehead atoms. The minimum Gasteiger partial charge on any atom is -0.444 e. The Kier molecular flexibility index (Phi) is 10.7. The highest BCUT2D eigenvalue weighted by Crippen LogP contribution is 2.49. The van der Waals surface area contributed by atoms with Crippen molar-refractivity contribution >= 4 is 23.8 Å². The van der Waals surface area contributed by atoms with Crippen LogP contribution in [-0.4, -0.2) is 96.0 Å². The van der Waals surface area contributed by atoms with Gasteiger partial charge < -0.3 is 24.6 Å². The van der Waals surface area contributed by atoms with E-state index in [-0.39, 0.29) is 43.3 Å². The van der Waals surface area contributed by atoms with Crippen LogP contribution in [0.15, 0.2) is 48.5 Å². The van der Waals surface area contributed by atoms with Crippen LogP contribution >= 0.6 is 0 Å².